The predicted molar refractivity (Wildman–Crippen MR) is 97.5 cm³/mol. The van der Waals surface area contributed by atoms with E-state index >= 15 is 0 Å². The molecule has 2 aromatic rings. The summed E-state index contributed by atoms with van der Waals surface area (Å²) in [6, 6.07) is 10.5. The zero-order chi connectivity index (χ0) is 18.6. The molecule has 0 atom stereocenters. The molecule has 0 saturated carbocycles. The molecular formula is C18H22N2O4S. The Morgan fingerprint density at radius 2 is 1.76 bits per heavy atom. The van der Waals surface area contributed by atoms with E-state index in [2.05, 4.69) is 10.0 Å². The van der Waals surface area contributed by atoms with Crippen LogP contribution in [0.2, 0.25) is 0 Å². The monoisotopic (exact) mass is 362 g/mol. The lowest BCUT2D eigenvalue weighted by Crippen LogP contribution is -2.33. The highest BCUT2D eigenvalue weighted by Crippen LogP contribution is 2.27. The van der Waals surface area contributed by atoms with Gasteiger partial charge in [-0.1, -0.05) is 12.1 Å². The van der Waals surface area contributed by atoms with Crippen LogP contribution in [0.5, 0.6) is 5.75 Å². The van der Waals surface area contributed by atoms with Crippen molar-refractivity contribution in [3.05, 3.63) is 53.1 Å². The van der Waals surface area contributed by atoms with Gasteiger partial charge in [0.05, 0.1) is 13.7 Å². The standard InChI is InChI=1S/C18H22N2O4S/c1-12-6-5-7-15(8-12)20-18(21)11-19-25(22,23)17-10-14(3)13(2)9-16(17)24-4/h5-10,19H,11H2,1-4H3,(H,20,21). The van der Waals surface area contributed by atoms with Crippen LogP contribution in [-0.4, -0.2) is 28.0 Å². The Kier molecular flexibility index (Phi) is 5.81. The molecule has 0 aliphatic heterocycles. The van der Waals surface area contributed by atoms with Gasteiger partial charge in [0.2, 0.25) is 15.9 Å². The Morgan fingerprint density at radius 1 is 1.08 bits per heavy atom. The van der Waals surface area contributed by atoms with Crippen LogP contribution in [0.3, 0.4) is 0 Å². The van der Waals surface area contributed by atoms with Gasteiger partial charge in [-0.25, -0.2) is 13.1 Å². The summed E-state index contributed by atoms with van der Waals surface area (Å²) in [5.41, 5.74) is 3.37. The molecule has 7 heteroatoms. The van der Waals surface area contributed by atoms with E-state index in [0.29, 0.717) is 5.69 Å². The van der Waals surface area contributed by atoms with Gasteiger partial charge in [-0.3, -0.25) is 4.79 Å². The van der Waals surface area contributed by atoms with Crippen molar-refractivity contribution >= 4 is 21.6 Å². The van der Waals surface area contributed by atoms with Gasteiger partial charge in [-0.15, -0.1) is 0 Å². The summed E-state index contributed by atoms with van der Waals surface area (Å²) in [7, 11) is -2.46. The maximum Gasteiger partial charge on any atom is 0.244 e. The van der Waals surface area contributed by atoms with E-state index in [1.807, 2.05) is 32.9 Å². The number of aryl methyl sites for hydroxylation is 3. The van der Waals surface area contributed by atoms with Crippen molar-refractivity contribution in [1.29, 1.82) is 0 Å². The molecule has 0 fully saturated rings. The Labute approximate surface area is 148 Å². The van der Waals surface area contributed by atoms with Gasteiger partial charge in [0.25, 0.3) is 0 Å². The normalized spacial score (nSPS) is 11.2. The summed E-state index contributed by atoms with van der Waals surface area (Å²) in [5, 5.41) is 2.66. The van der Waals surface area contributed by atoms with Crippen molar-refractivity contribution in [3.63, 3.8) is 0 Å². The van der Waals surface area contributed by atoms with Crippen molar-refractivity contribution in [3.8, 4) is 5.75 Å². The van der Waals surface area contributed by atoms with E-state index < -0.39 is 15.9 Å². The van der Waals surface area contributed by atoms with Gasteiger partial charge in [0.15, 0.2) is 0 Å². The fraction of sp³-hybridized carbons (Fsp3) is 0.278. The van der Waals surface area contributed by atoms with Crippen LogP contribution in [0.4, 0.5) is 5.69 Å². The summed E-state index contributed by atoms with van der Waals surface area (Å²) in [5.74, 6) is -0.202. The molecule has 0 aliphatic carbocycles. The lowest BCUT2D eigenvalue weighted by Gasteiger charge is -2.13. The number of ether oxygens (including phenoxy) is 1. The molecule has 25 heavy (non-hydrogen) atoms. The van der Waals surface area contributed by atoms with Gasteiger partial charge >= 0.3 is 0 Å². The number of amides is 1. The van der Waals surface area contributed by atoms with Gasteiger partial charge in [0.1, 0.15) is 10.6 Å². The second-order valence-corrected chi connectivity index (χ2v) is 7.56. The first kappa shape index (κ1) is 19.0. The van der Waals surface area contributed by atoms with Gasteiger partial charge in [-0.05, 0) is 61.7 Å². The smallest absolute Gasteiger partial charge is 0.244 e. The van der Waals surface area contributed by atoms with Crippen molar-refractivity contribution in [2.24, 2.45) is 0 Å². The van der Waals surface area contributed by atoms with E-state index in [1.54, 1.807) is 18.2 Å². The number of hydrogen-bond donors (Lipinski definition) is 2. The number of nitrogens with one attached hydrogen (secondary N) is 2. The topological polar surface area (TPSA) is 84.5 Å². The number of rotatable bonds is 6. The molecule has 0 aromatic heterocycles. The highest BCUT2D eigenvalue weighted by Gasteiger charge is 2.21. The molecule has 2 aromatic carbocycles. The van der Waals surface area contributed by atoms with Crippen LogP contribution in [0, 0.1) is 20.8 Å². The predicted octanol–water partition coefficient (Wildman–Crippen LogP) is 2.54. The SMILES string of the molecule is COc1cc(C)c(C)cc1S(=O)(=O)NCC(=O)Nc1cccc(C)c1. The van der Waals surface area contributed by atoms with Crippen molar-refractivity contribution in [2.45, 2.75) is 25.7 Å². The summed E-state index contributed by atoms with van der Waals surface area (Å²) in [6.45, 7) is 5.23. The third-order valence-electron chi connectivity index (χ3n) is 3.79. The van der Waals surface area contributed by atoms with Crippen LogP contribution in [0.15, 0.2) is 41.3 Å². The van der Waals surface area contributed by atoms with Crippen LogP contribution >= 0.6 is 0 Å². The Bertz CT molecular complexity index is 892. The molecule has 6 nitrogen and oxygen atoms in total. The molecule has 0 heterocycles. The quantitative estimate of drug-likeness (QED) is 0.827. The Hall–Kier alpha value is -2.38. The number of anilines is 1. The zero-order valence-corrected chi connectivity index (χ0v) is 15.5. The van der Waals surface area contributed by atoms with Crippen LogP contribution < -0.4 is 14.8 Å². The van der Waals surface area contributed by atoms with Gasteiger partial charge in [-0.2, -0.15) is 0 Å². The highest BCUT2D eigenvalue weighted by molar-refractivity contribution is 7.89. The number of methoxy groups -OCH3 is 1. The molecule has 134 valence electrons. The van der Waals surface area contributed by atoms with E-state index in [9.17, 15) is 13.2 Å². The lowest BCUT2D eigenvalue weighted by molar-refractivity contribution is -0.115. The molecule has 2 rings (SSSR count). The lowest BCUT2D eigenvalue weighted by atomic mass is 10.1. The van der Waals surface area contributed by atoms with Crippen molar-refractivity contribution in [2.75, 3.05) is 19.0 Å². The van der Waals surface area contributed by atoms with Crippen LogP contribution in [-0.2, 0) is 14.8 Å². The molecule has 0 unspecified atom stereocenters. The average molecular weight is 362 g/mol. The number of benzene rings is 2. The average Bonchev–Trinajstić information content (AvgIpc) is 2.55. The summed E-state index contributed by atoms with van der Waals surface area (Å²) in [6.07, 6.45) is 0. The minimum absolute atomic E-state index is 0.0152. The van der Waals surface area contributed by atoms with Gasteiger partial charge in [0, 0.05) is 5.69 Å². The zero-order valence-electron chi connectivity index (χ0n) is 14.7. The van der Waals surface area contributed by atoms with Gasteiger partial charge < -0.3 is 10.1 Å². The minimum atomic E-state index is -3.87. The van der Waals surface area contributed by atoms with Crippen LogP contribution in [0.25, 0.3) is 0 Å². The number of hydrogen-bond acceptors (Lipinski definition) is 4. The van der Waals surface area contributed by atoms with E-state index in [4.69, 9.17) is 4.74 Å². The largest absolute Gasteiger partial charge is 0.495 e. The molecular weight excluding hydrogens is 340 g/mol. The molecule has 2 N–H and O–H groups in total. The Morgan fingerprint density at radius 3 is 2.40 bits per heavy atom. The summed E-state index contributed by atoms with van der Waals surface area (Å²) in [4.78, 5) is 12.0. The second kappa shape index (κ2) is 7.67. The van der Waals surface area contributed by atoms with Crippen LogP contribution in [0.1, 0.15) is 16.7 Å². The maximum absolute atomic E-state index is 12.5. The Balaban J connectivity index is 2.11. The molecule has 0 saturated heterocycles. The third kappa shape index (κ3) is 4.80. The van der Waals surface area contributed by atoms with E-state index in [-0.39, 0.29) is 17.2 Å². The fourth-order valence-electron chi connectivity index (χ4n) is 2.30. The van der Waals surface area contributed by atoms with Crippen molar-refractivity contribution in [1.82, 2.24) is 4.72 Å². The molecule has 0 radical (unpaired) electrons. The summed E-state index contributed by atoms with van der Waals surface area (Å²) < 4.78 is 32.5. The maximum atomic E-state index is 12.5. The minimum Gasteiger partial charge on any atom is -0.495 e. The van der Waals surface area contributed by atoms with Crippen molar-refractivity contribution < 1.29 is 17.9 Å². The second-order valence-electron chi connectivity index (χ2n) is 5.83. The molecule has 1 amide bonds. The first-order chi connectivity index (χ1) is 11.7. The number of carbonyl (C=O) groups is 1. The molecule has 0 spiro atoms. The summed E-state index contributed by atoms with van der Waals surface area (Å²) >= 11 is 0. The molecule has 0 aliphatic rings. The van der Waals surface area contributed by atoms with E-state index in [0.717, 1.165) is 16.7 Å². The first-order valence-electron chi connectivity index (χ1n) is 7.74. The highest BCUT2D eigenvalue weighted by atomic mass is 32.2. The number of sulfonamides is 1. The fourth-order valence-corrected chi connectivity index (χ4v) is 3.51. The van der Waals surface area contributed by atoms with E-state index in [1.165, 1.54) is 13.2 Å². The third-order valence-corrected chi connectivity index (χ3v) is 5.22. The first-order valence-corrected chi connectivity index (χ1v) is 9.22. The number of carbonyl (C=O) groups excluding carboxylic acids is 1. The molecule has 0 bridgehead atoms.